The minimum atomic E-state index is -4.65. The van der Waals surface area contributed by atoms with E-state index < -0.39 is 24.3 Å². The lowest BCUT2D eigenvalue weighted by Crippen LogP contribution is -2.46. The van der Waals surface area contributed by atoms with Crippen LogP contribution in [0.25, 0.3) is 0 Å². The monoisotopic (exact) mass is 263 g/mol. The second-order valence-corrected chi connectivity index (χ2v) is 3.93. The van der Waals surface area contributed by atoms with Crippen LogP contribution in [0.2, 0.25) is 0 Å². The molecule has 1 aromatic rings. The Morgan fingerprint density at radius 2 is 1.72 bits per heavy atom. The van der Waals surface area contributed by atoms with Gasteiger partial charge in [-0.25, -0.2) is 8.78 Å². The summed E-state index contributed by atoms with van der Waals surface area (Å²) >= 11 is 0. The summed E-state index contributed by atoms with van der Waals surface area (Å²) in [5.41, 5.74) is 0.596. The number of halogens is 4. The smallest absolute Gasteiger partial charge is 0.334 e. The lowest BCUT2D eigenvalue weighted by Gasteiger charge is -2.28. The maximum atomic E-state index is 12.9. The third-order valence-corrected chi connectivity index (χ3v) is 2.74. The second kappa shape index (κ2) is 5.37. The molecule has 0 spiro atoms. The standard InChI is InChI=1S/C12H13F4NO/c1-8(9-6-4-3-5-7-9)17(2)11(18)12(15,16)10(13)14/h3-8,10H,1-2H3. The summed E-state index contributed by atoms with van der Waals surface area (Å²) in [6.45, 7) is 1.49. The predicted molar refractivity (Wildman–Crippen MR) is 58.6 cm³/mol. The van der Waals surface area contributed by atoms with Crippen LogP contribution in [-0.2, 0) is 4.79 Å². The molecule has 1 unspecified atom stereocenters. The molecular formula is C12H13F4NO. The number of carbonyl (C=O) groups is 1. The van der Waals surface area contributed by atoms with E-state index in [4.69, 9.17) is 0 Å². The van der Waals surface area contributed by atoms with Gasteiger partial charge in [-0.15, -0.1) is 0 Å². The molecule has 0 saturated heterocycles. The average Bonchev–Trinajstić information content (AvgIpc) is 2.36. The lowest BCUT2D eigenvalue weighted by atomic mass is 10.1. The van der Waals surface area contributed by atoms with Crippen molar-refractivity contribution in [1.82, 2.24) is 4.90 Å². The van der Waals surface area contributed by atoms with Crippen LogP contribution in [0.3, 0.4) is 0 Å². The lowest BCUT2D eigenvalue weighted by molar-refractivity contribution is -0.181. The minimum Gasteiger partial charge on any atom is -0.334 e. The van der Waals surface area contributed by atoms with E-state index in [1.807, 2.05) is 0 Å². The van der Waals surface area contributed by atoms with Crippen LogP contribution < -0.4 is 0 Å². The maximum Gasteiger partial charge on any atom is 0.383 e. The summed E-state index contributed by atoms with van der Waals surface area (Å²) in [6, 6.07) is 7.64. The second-order valence-electron chi connectivity index (χ2n) is 3.93. The zero-order valence-electron chi connectivity index (χ0n) is 9.91. The highest BCUT2D eigenvalue weighted by atomic mass is 19.3. The van der Waals surface area contributed by atoms with Crippen molar-refractivity contribution < 1.29 is 22.4 Å². The molecule has 0 fully saturated rings. The Morgan fingerprint density at radius 3 is 2.17 bits per heavy atom. The van der Waals surface area contributed by atoms with Gasteiger partial charge in [0.05, 0.1) is 6.04 Å². The van der Waals surface area contributed by atoms with Gasteiger partial charge in [-0.05, 0) is 12.5 Å². The Bertz CT molecular complexity index is 408. The summed E-state index contributed by atoms with van der Waals surface area (Å²) in [4.78, 5) is 11.9. The van der Waals surface area contributed by atoms with E-state index in [9.17, 15) is 22.4 Å². The molecule has 0 radical (unpaired) electrons. The molecule has 0 heterocycles. The van der Waals surface area contributed by atoms with Gasteiger partial charge in [0.15, 0.2) is 0 Å². The number of hydrogen-bond donors (Lipinski definition) is 0. The molecule has 0 aliphatic heterocycles. The Morgan fingerprint density at radius 1 is 1.22 bits per heavy atom. The van der Waals surface area contributed by atoms with Gasteiger partial charge < -0.3 is 4.90 Å². The normalized spacial score (nSPS) is 13.5. The molecule has 2 nitrogen and oxygen atoms in total. The van der Waals surface area contributed by atoms with E-state index in [1.165, 1.54) is 6.92 Å². The molecule has 0 aromatic heterocycles. The molecule has 6 heteroatoms. The van der Waals surface area contributed by atoms with E-state index in [0.717, 1.165) is 7.05 Å². The summed E-state index contributed by atoms with van der Waals surface area (Å²) in [5.74, 6) is -6.54. The number of benzene rings is 1. The number of rotatable bonds is 4. The van der Waals surface area contributed by atoms with Crippen LogP contribution in [0.5, 0.6) is 0 Å². The van der Waals surface area contributed by atoms with Gasteiger partial charge >= 0.3 is 12.3 Å². The first-order chi connectivity index (χ1) is 8.28. The fourth-order valence-electron chi connectivity index (χ4n) is 1.46. The average molecular weight is 263 g/mol. The van der Waals surface area contributed by atoms with Crippen LogP contribution in [0.4, 0.5) is 17.6 Å². The molecule has 0 saturated carbocycles. The van der Waals surface area contributed by atoms with Crippen molar-refractivity contribution in [2.45, 2.75) is 25.3 Å². The topological polar surface area (TPSA) is 20.3 Å². The van der Waals surface area contributed by atoms with Crippen molar-refractivity contribution in [1.29, 1.82) is 0 Å². The molecule has 0 bridgehead atoms. The van der Waals surface area contributed by atoms with Crippen LogP contribution in [0.15, 0.2) is 30.3 Å². The summed E-state index contributed by atoms with van der Waals surface area (Å²) in [7, 11) is 1.08. The van der Waals surface area contributed by atoms with Crippen LogP contribution in [0.1, 0.15) is 18.5 Å². The molecule has 1 aromatic carbocycles. The van der Waals surface area contributed by atoms with Crippen molar-refractivity contribution >= 4 is 5.91 Å². The fraction of sp³-hybridized carbons (Fsp3) is 0.417. The third kappa shape index (κ3) is 2.80. The first-order valence-corrected chi connectivity index (χ1v) is 5.26. The number of alkyl halides is 4. The van der Waals surface area contributed by atoms with Gasteiger partial charge in [-0.3, -0.25) is 4.79 Å². The highest BCUT2D eigenvalue weighted by Gasteiger charge is 2.51. The Balaban J connectivity index is 2.88. The highest BCUT2D eigenvalue weighted by Crippen LogP contribution is 2.28. The zero-order chi connectivity index (χ0) is 13.9. The highest BCUT2D eigenvalue weighted by molar-refractivity contribution is 5.84. The van der Waals surface area contributed by atoms with Crippen LogP contribution in [0, 0.1) is 0 Å². The third-order valence-electron chi connectivity index (χ3n) is 2.74. The van der Waals surface area contributed by atoms with Crippen molar-refractivity contribution in [3.8, 4) is 0 Å². The van der Waals surface area contributed by atoms with Gasteiger partial charge in [0.25, 0.3) is 5.91 Å². The molecule has 1 rings (SSSR count). The number of nitrogens with zero attached hydrogens (tertiary/aromatic N) is 1. The van der Waals surface area contributed by atoms with Gasteiger partial charge in [-0.1, -0.05) is 30.3 Å². The maximum absolute atomic E-state index is 12.9. The quantitative estimate of drug-likeness (QED) is 0.764. The van der Waals surface area contributed by atoms with Crippen molar-refractivity contribution in [2.75, 3.05) is 7.05 Å². The van der Waals surface area contributed by atoms with Gasteiger partial charge in [0, 0.05) is 7.05 Å². The van der Waals surface area contributed by atoms with Crippen molar-refractivity contribution in [3.05, 3.63) is 35.9 Å². The van der Waals surface area contributed by atoms with Crippen LogP contribution in [-0.4, -0.2) is 30.2 Å². The molecule has 1 atom stereocenters. The molecule has 0 aliphatic rings. The first-order valence-electron chi connectivity index (χ1n) is 5.26. The SMILES string of the molecule is CC(c1ccccc1)N(C)C(=O)C(F)(F)C(F)F. The minimum absolute atomic E-state index is 0.596. The Hall–Kier alpha value is -1.59. The number of hydrogen-bond acceptors (Lipinski definition) is 1. The van der Waals surface area contributed by atoms with E-state index in [1.54, 1.807) is 30.3 Å². The predicted octanol–water partition coefficient (Wildman–Crippen LogP) is 3.11. The zero-order valence-corrected chi connectivity index (χ0v) is 9.91. The summed E-state index contributed by atoms with van der Waals surface area (Å²) in [6.07, 6.45) is -4.00. The van der Waals surface area contributed by atoms with Crippen LogP contribution >= 0.6 is 0 Å². The molecule has 100 valence electrons. The van der Waals surface area contributed by atoms with Crippen molar-refractivity contribution in [3.63, 3.8) is 0 Å². The Kier molecular flexibility index (Phi) is 4.32. The molecule has 1 amide bonds. The molecule has 18 heavy (non-hydrogen) atoms. The molecular weight excluding hydrogens is 250 g/mol. The van der Waals surface area contributed by atoms with Crippen molar-refractivity contribution in [2.24, 2.45) is 0 Å². The fourth-order valence-corrected chi connectivity index (χ4v) is 1.46. The van der Waals surface area contributed by atoms with E-state index in [0.29, 0.717) is 10.5 Å². The van der Waals surface area contributed by atoms with Gasteiger partial charge in [-0.2, -0.15) is 8.78 Å². The van der Waals surface area contributed by atoms with E-state index >= 15 is 0 Å². The largest absolute Gasteiger partial charge is 0.383 e. The first kappa shape index (κ1) is 14.5. The number of carbonyl (C=O) groups excluding carboxylic acids is 1. The molecule has 0 N–H and O–H groups in total. The van der Waals surface area contributed by atoms with E-state index in [2.05, 4.69) is 0 Å². The van der Waals surface area contributed by atoms with Gasteiger partial charge in [0.1, 0.15) is 0 Å². The molecule has 0 aliphatic carbocycles. The van der Waals surface area contributed by atoms with Gasteiger partial charge in [0.2, 0.25) is 0 Å². The summed E-state index contributed by atoms with van der Waals surface area (Å²) < 4.78 is 50.0. The summed E-state index contributed by atoms with van der Waals surface area (Å²) in [5, 5.41) is 0. The number of amides is 1. The Labute approximate surface area is 102 Å². The van der Waals surface area contributed by atoms with E-state index in [-0.39, 0.29) is 0 Å².